The molecule has 15 heteroatoms. The van der Waals surface area contributed by atoms with E-state index in [9.17, 15) is 9.36 Å². The maximum absolute atomic E-state index is 13.4. The first-order valence-corrected chi connectivity index (χ1v) is 23.2. The Balaban J connectivity index is 1.09. The molecule has 2 aromatic carbocycles. The molecule has 1 spiro atoms. The molecule has 2 saturated heterocycles. The SMILES string of the molecule is COc1cc(N2CCN(C3CCC34CCN(C(=O)OC(C)(C)C)CC4)CC2)c(-c2cnn(C)c2)cc1Nc1ncc(Br)c(Nc2ccc(C)c(C)c2P(C)(C)=O)n1. The number of carbonyl (C=O) groups excluding carboxylic acids is 1. The van der Waals surface area contributed by atoms with Crippen LogP contribution in [0.2, 0.25) is 0 Å². The van der Waals surface area contributed by atoms with Gasteiger partial charge in [0.05, 0.1) is 29.2 Å². The highest BCUT2D eigenvalue weighted by atomic mass is 79.9. The number of amides is 1. The third kappa shape index (κ3) is 8.69. The van der Waals surface area contributed by atoms with Crippen molar-refractivity contribution in [1.29, 1.82) is 0 Å². The Labute approximate surface area is 345 Å². The summed E-state index contributed by atoms with van der Waals surface area (Å²) in [5.41, 5.74) is 6.49. The minimum Gasteiger partial charge on any atom is -0.494 e. The molecule has 3 fully saturated rings. The van der Waals surface area contributed by atoms with Crippen LogP contribution in [-0.2, 0) is 16.3 Å². The second-order valence-corrected chi connectivity index (χ2v) is 21.3. The van der Waals surface area contributed by atoms with Gasteiger partial charge < -0.3 is 34.5 Å². The van der Waals surface area contributed by atoms with Gasteiger partial charge >= 0.3 is 6.09 Å². The first-order valence-electron chi connectivity index (χ1n) is 19.8. The number of likely N-dealkylation sites (tertiary alicyclic amines) is 1. The molecule has 57 heavy (non-hydrogen) atoms. The van der Waals surface area contributed by atoms with Gasteiger partial charge in [0.15, 0.2) is 0 Å². The number of piperazine rings is 1. The molecule has 2 aliphatic heterocycles. The zero-order chi connectivity index (χ0) is 40.9. The maximum Gasteiger partial charge on any atom is 0.410 e. The number of aromatic nitrogens is 4. The van der Waals surface area contributed by atoms with Crippen molar-refractivity contribution in [3.8, 4) is 16.9 Å². The van der Waals surface area contributed by atoms with Crippen molar-refractivity contribution in [3.05, 3.63) is 58.5 Å². The van der Waals surface area contributed by atoms with Gasteiger partial charge in [0.2, 0.25) is 5.95 Å². The van der Waals surface area contributed by atoms with Gasteiger partial charge in [-0.15, -0.1) is 0 Å². The zero-order valence-corrected chi connectivity index (χ0v) is 37.3. The minimum absolute atomic E-state index is 0.192. The summed E-state index contributed by atoms with van der Waals surface area (Å²) in [7, 11) is 1.00. The Hall–Kier alpha value is -4.13. The largest absolute Gasteiger partial charge is 0.494 e. The summed E-state index contributed by atoms with van der Waals surface area (Å²) in [5, 5.41) is 12.2. The molecule has 1 unspecified atom stereocenters. The fourth-order valence-electron chi connectivity index (χ4n) is 8.82. The topological polar surface area (TPSA) is 130 Å². The summed E-state index contributed by atoms with van der Waals surface area (Å²) >= 11 is 3.62. The van der Waals surface area contributed by atoms with Crippen LogP contribution in [0.15, 0.2) is 47.3 Å². The average Bonchev–Trinajstić information content (AvgIpc) is 3.59. The molecule has 4 aromatic rings. The Morgan fingerprint density at radius 2 is 1.70 bits per heavy atom. The summed E-state index contributed by atoms with van der Waals surface area (Å²) < 4.78 is 27.6. The van der Waals surface area contributed by atoms with Crippen LogP contribution < -0.4 is 25.6 Å². The van der Waals surface area contributed by atoms with Gasteiger partial charge in [-0.3, -0.25) is 9.58 Å². The number of hydrogen-bond acceptors (Lipinski definition) is 11. The van der Waals surface area contributed by atoms with Crippen LogP contribution in [0.4, 0.5) is 33.6 Å². The zero-order valence-electron chi connectivity index (χ0n) is 34.8. The van der Waals surface area contributed by atoms with E-state index < -0.39 is 12.7 Å². The van der Waals surface area contributed by atoms with E-state index in [4.69, 9.17) is 14.5 Å². The number of hydrogen-bond donors (Lipinski definition) is 2. The molecule has 0 radical (unpaired) electrons. The molecule has 13 nitrogen and oxygen atoms in total. The number of nitrogens with zero attached hydrogens (tertiary/aromatic N) is 7. The summed E-state index contributed by atoms with van der Waals surface area (Å²) in [6.07, 6.45) is 9.93. The lowest BCUT2D eigenvalue weighted by Gasteiger charge is -2.58. The van der Waals surface area contributed by atoms with E-state index in [1.54, 1.807) is 26.6 Å². The first-order chi connectivity index (χ1) is 26.9. The Morgan fingerprint density at radius 3 is 2.30 bits per heavy atom. The van der Waals surface area contributed by atoms with Gasteiger partial charge in [-0.25, -0.2) is 9.78 Å². The third-order valence-electron chi connectivity index (χ3n) is 11.9. The van der Waals surface area contributed by atoms with Crippen molar-refractivity contribution >= 4 is 63.3 Å². The molecule has 2 aromatic heterocycles. The standard InChI is InChI=1S/C42H57BrN9O4P/c1-27-10-11-32(37(28(27)2)57(8,9)54)46-38-31(43)25-44-39(48-38)47-33-22-30(29-24-45-49(6)26-29)34(23-35(33)55-7)50-18-20-51(21-19-50)36-12-13-42(36)14-16-52(17-15-42)40(53)56-41(3,4)5/h10-11,22-26,36H,12-21H2,1-9H3,(H2,44,46,47,48). The first kappa shape index (κ1) is 41.0. The van der Waals surface area contributed by atoms with Gasteiger partial charge in [-0.2, -0.15) is 10.1 Å². The molecule has 1 atom stereocenters. The summed E-state index contributed by atoms with van der Waals surface area (Å²) in [5.74, 6) is 1.60. The smallest absolute Gasteiger partial charge is 0.410 e. The fraction of sp³-hybridized carbons (Fsp3) is 0.524. The van der Waals surface area contributed by atoms with Gasteiger partial charge in [0.1, 0.15) is 24.3 Å². The van der Waals surface area contributed by atoms with E-state index in [-0.39, 0.29) is 11.5 Å². The van der Waals surface area contributed by atoms with Crippen LogP contribution in [0.3, 0.4) is 0 Å². The normalized spacial score (nSPS) is 18.7. The maximum atomic E-state index is 13.4. The molecular formula is C42H57BrN9O4P. The number of methoxy groups -OCH3 is 1. The summed E-state index contributed by atoms with van der Waals surface area (Å²) in [6.45, 7) is 18.6. The molecule has 1 amide bonds. The van der Waals surface area contributed by atoms with E-state index in [2.05, 4.69) is 58.6 Å². The van der Waals surface area contributed by atoms with Gasteiger partial charge in [-0.1, -0.05) is 6.07 Å². The predicted octanol–water partition coefficient (Wildman–Crippen LogP) is 8.30. The van der Waals surface area contributed by atoms with Crippen LogP contribution in [0.5, 0.6) is 5.75 Å². The van der Waals surface area contributed by atoms with E-state index in [1.165, 1.54) is 12.8 Å². The van der Waals surface area contributed by atoms with E-state index in [1.807, 2.05) is 75.8 Å². The molecule has 1 saturated carbocycles. The summed E-state index contributed by atoms with van der Waals surface area (Å²) in [6, 6.07) is 8.74. The predicted molar refractivity (Wildman–Crippen MR) is 233 cm³/mol. The number of rotatable bonds is 9. The third-order valence-corrected chi connectivity index (χ3v) is 14.2. The average molecular weight is 863 g/mol. The van der Waals surface area contributed by atoms with Gasteiger partial charge in [-0.05, 0) is 118 Å². The Kier molecular flexibility index (Phi) is 11.5. The van der Waals surface area contributed by atoms with Crippen LogP contribution in [0.25, 0.3) is 11.1 Å². The van der Waals surface area contributed by atoms with Crippen LogP contribution in [-0.4, -0.2) is 107 Å². The molecule has 2 N–H and O–H groups in total. The lowest BCUT2D eigenvalue weighted by Crippen LogP contribution is -2.63. The highest BCUT2D eigenvalue weighted by molar-refractivity contribution is 9.10. The van der Waals surface area contributed by atoms with E-state index in [0.717, 1.165) is 96.7 Å². The van der Waals surface area contributed by atoms with Crippen molar-refractivity contribution in [2.24, 2.45) is 12.5 Å². The molecule has 0 bridgehead atoms. The van der Waals surface area contributed by atoms with Crippen molar-refractivity contribution < 1.29 is 18.8 Å². The lowest BCUT2D eigenvalue weighted by molar-refractivity contribution is -0.0716. The van der Waals surface area contributed by atoms with Crippen molar-refractivity contribution in [2.45, 2.75) is 71.9 Å². The second kappa shape index (κ2) is 15.9. The number of nitrogens with one attached hydrogen (secondary N) is 2. The van der Waals surface area contributed by atoms with Crippen LogP contribution in [0.1, 0.15) is 57.6 Å². The number of anilines is 5. The number of carbonyl (C=O) groups is 1. The van der Waals surface area contributed by atoms with E-state index in [0.29, 0.717) is 28.0 Å². The van der Waals surface area contributed by atoms with Gasteiger partial charge in [0, 0.05) is 92.9 Å². The molecule has 306 valence electrons. The van der Waals surface area contributed by atoms with Crippen LogP contribution in [0, 0.1) is 19.3 Å². The monoisotopic (exact) mass is 861 g/mol. The highest BCUT2D eigenvalue weighted by Crippen LogP contribution is 2.52. The Bertz CT molecular complexity index is 2180. The lowest BCUT2D eigenvalue weighted by atomic mass is 9.58. The molecule has 7 rings (SSSR count). The van der Waals surface area contributed by atoms with Crippen molar-refractivity contribution in [3.63, 3.8) is 0 Å². The molecule has 3 aliphatic rings. The Morgan fingerprint density at radius 1 is 0.982 bits per heavy atom. The van der Waals surface area contributed by atoms with Crippen molar-refractivity contribution in [2.75, 3.05) is 75.2 Å². The fourth-order valence-corrected chi connectivity index (χ4v) is 10.8. The minimum atomic E-state index is -2.61. The number of halogens is 1. The molecule has 1 aliphatic carbocycles. The number of piperidine rings is 1. The number of benzene rings is 2. The second-order valence-electron chi connectivity index (χ2n) is 17.3. The number of ether oxygens (including phenoxy) is 2. The highest BCUT2D eigenvalue weighted by Gasteiger charge is 2.51. The quantitative estimate of drug-likeness (QED) is 0.158. The summed E-state index contributed by atoms with van der Waals surface area (Å²) in [4.78, 5) is 29.3. The molecule has 4 heterocycles. The van der Waals surface area contributed by atoms with Crippen molar-refractivity contribution in [1.82, 2.24) is 29.5 Å². The van der Waals surface area contributed by atoms with Crippen LogP contribution >= 0.6 is 23.1 Å². The number of aryl methyl sites for hydroxylation is 2. The van der Waals surface area contributed by atoms with Gasteiger partial charge in [0.25, 0.3) is 0 Å². The molecular weight excluding hydrogens is 805 g/mol. The van der Waals surface area contributed by atoms with E-state index >= 15 is 0 Å².